The molecule has 1 aromatic heterocycles. The standard InChI is InChI=1S/C14H12Cl3N3O/c15-10-3-1-2-9(8-10)11-12(16)18-14(19-13(11)17)20-4-6-21-7-5-20/h1-3,8H,4-7H2. The fourth-order valence-corrected chi connectivity index (χ4v) is 2.97. The average Bonchev–Trinajstić information content (AvgIpc) is 2.47. The zero-order chi connectivity index (χ0) is 14.8. The lowest BCUT2D eigenvalue weighted by molar-refractivity contribution is 0.122. The Bertz CT molecular complexity index is 637. The molecule has 7 heteroatoms. The van der Waals surface area contributed by atoms with Crippen molar-refractivity contribution in [3.05, 3.63) is 39.6 Å². The minimum absolute atomic E-state index is 0.318. The van der Waals surface area contributed by atoms with E-state index in [-0.39, 0.29) is 0 Å². The normalized spacial score (nSPS) is 15.3. The topological polar surface area (TPSA) is 38.2 Å². The van der Waals surface area contributed by atoms with Gasteiger partial charge in [0.2, 0.25) is 5.95 Å². The molecule has 1 aliphatic heterocycles. The number of anilines is 1. The van der Waals surface area contributed by atoms with Crippen LogP contribution in [-0.4, -0.2) is 36.3 Å². The summed E-state index contributed by atoms with van der Waals surface area (Å²) in [4.78, 5) is 10.7. The van der Waals surface area contributed by atoms with Crippen LogP contribution in [0.25, 0.3) is 11.1 Å². The van der Waals surface area contributed by atoms with E-state index in [0.29, 0.717) is 40.1 Å². The third-order valence-electron chi connectivity index (χ3n) is 3.22. The second kappa shape index (κ2) is 6.36. The number of ether oxygens (including phenoxy) is 1. The van der Waals surface area contributed by atoms with Crippen LogP contribution in [0.15, 0.2) is 24.3 Å². The summed E-state index contributed by atoms with van der Waals surface area (Å²) in [5, 5.41) is 1.24. The highest BCUT2D eigenvalue weighted by Gasteiger charge is 2.19. The smallest absolute Gasteiger partial charge is 0.228 e. The zero-order valence-corrected chi connectivity index (χ0v) is 13.3. The Labute approximate surface area is 137 Å². The highest BCUT2D eigenvalue weighted by Crippen LogP contribution is 2.34. The summed E-state index contributed by atoms with van der Waals surface area (Å²) in [6.07, 6.45) is 0. The van der Waals surface area contributed by atoms with Crippen molar-refractivity contribution in [2.45, 2.75) is 0 Å². The van der Waals surface area contributed by atoms with Gasteiger partial charge in [0.1, 0.15) is 10.3 Å². The number of benzene rings is 1. The second-order valence-corrected chi connectivity index (χ2v) is 5.74. The first kappa shape index (κ1) is 14.9. The molecule has 3 rings (SSSR count). The van der Waals surface area contributed by atoms with Crippen molar-refractivity contribution in [1.29, 1.82) is 0 Å². The number of nitrogens with zero attached hydrogens (tertiary/aromatic N) is 3. The summed E-state index contributed by atoms with van der Waals surface area (Å²) in [5.41, 5.74) is 1.39. The molecule has 0 spiro atoms. The van der Waals surface area contributed by atoms with E-state index in [1.807, 2.05) is 17.0 Å². The van der Waals surface area contributed by atoms with Crippen molar-refractivity contribution in [3.63, 3.8) is 0 Å². The van der Waals surface area contributed by atoms with E-state index < -0.39 is 0 Å². The molecule has 1 aliphatic rings. The van der Waals surface area contributed by atoms with Gasteiger partial charge in [-0.3, -0.25) is 0 Å². The molecule has 0 radical (unpaired) electrons. The fraction of sp³-hybridized carbons (Fsp3) is 0.286. The number of hydrogen-bond donors (Lipinski definition) is 0. The summed E-state index contributed by atoms with van der Waals surface area (Å²) in [7, 11) is 0. The van der Waals surface area contributed by atoms with E-state index in [9.17, 15) is 0 Å². The van der Waals surface area contributed by atoms with Crippen molar-refractivity contribution in [1.82, 2.24) is 9.97 Å². The van der Waals surface area contributed by atoms with E-state index >= 15 is 0 Å². The van der Waals surface area contributed by atoms with Gasteiger partial charge < -0.3 is 9.64 Å². The van der Waals surface area contributed by atoms with Gasteiger partial charge in [0.05, 0.1) is 18.8 Å². The molecule has 0 saturated carbocycles. The molecular weight excluding hydrogens is 333 g/mol. The third kappa shape index (κ3) is 3.24. The summed E-state index contributed by atoms with van der Waals surface area (Å²) in [6.45, 7) is 2.75. The van der Waals surface area contributed by atoms with Gasteiger partial charge in [-0.15, -0.1) is 0 Å². The third-order valence-corrected chi connectivity index (χ3v) is 4.00. The van der Waals surface area contributed by atoms with E-state index in [1.54, 1.807) is 12.1 Å². The maximum Gasteiger partial charge on any atom is 0.228 e. The van der Waals surface area contributed by atoms with Crippen LogP contribution in [0.2, 0.25) is 15.3 Å². The first-order valence-corrected chi connectivity index (χ1v) is 7.60. The van der Waals surface area contributed by atoms with Gasteiger partial charge in [-0.25, -0.2) is 9.97 Å². The van der Waals surface area contributed by atoms with Crippen LogP contribution < -0.4 is 4.90 Å². The second-order valence-electron chi connectivity index (χ2n) is 4.59. The lowest BCUT2D eigenvalue weighted by Crippen LogP contribution is -2.37. The Morgan fingerprint density at radius 2 is 1.67 bits per heavy atom. The number of rotatable bonds is 2. The van der Waals surface area contributed by atoms with Crippen molar-refractivity contribution >= 4 is 40.8 Å². The van der Waals surface area contributed by atoms with Crippen LogP contribution in [0.4, 0.5) is 5.95 Å². The quantitative estimate of drug-likeness (QED) is 0.773. The van der Waals surface area contributed by atoms with Crippen molar-refractivity contribution in [3.8, 4) is 11.1 Å². The van der Waals surface area contributed by atoms with Gasteiger partial charge in [-0.1, -0.05) is 46.9 Å². The highest BCUT2D eigenvalue weighted by atomic mass is 35.5. The first-order valence-electron chi connectivity index (χ1n) is 6.47. The van der Waals surface area contributed by atoms with Crippen LogP contribution in [0.5, 0.6) is 0 Å². The molecule has 2 aromatic rings. The molecule has 21 heavy (non-hydrogen) atoms. The van der Waals surface area contributed by atoms with E-state index in [2.05, 4.69) is 9.97 Å². The minimum Gasteiger partial charge on any atom is -0.378 e. The number of morpholine rings is 1. The zero-order valence-electron chi connectivity index (χ0n) is 11.0. The molecule has 0 unspecified atom stereocenters. The molecule has 1 fully saturated rings. The lowest BCUT2D eigenvalue weighted by Gasteiger charge is -2.27. The van der Waals surface area contributed by atoms with Crippen LogP contribution in [-0.2, 0) is 4.74 Å². The largest absolute Gasteiger partial charge is 0.378 e. The van der Waals surface area contributed by atoms with Crippen LogP contribution in [0.1, 0.15) is 0 Å². The minimum atomic E-state index is 0.318. The van der Waals surface area contributed by atoms with Gasteiger partial charge in [0.15, 0.2) is 0 Å². The first-order chi connectivity index (χ1) is 10.1. The Morgan fingerprint density at radius 3 is 2.29 bits per heavy atom. The van der Waals surface area contributed by atoms with E-state index in [1.165, 1.54) is 0 Å². The van der Waals surface area contributed by atoms with E-state index in [4.69, 9.17) is 39.5 Å². The summed E-state index contributed by atoms with van der Waals surface area (Å²) >= 11 is 18.6. The van der Waals surface area contributed by atoms with Crippen molar-refractivity contribution in [2.24, 2.45) is 0 Å². The van der Waals surface area contributed by atoms with Crippen molar-refractivity contribution < 1.29 is 4.74 Å². The average molecular weight is 345 g/mol. The molecule has 110 valence electrons. The Morgan fingerprint density at radius 1 is 1.00 bits per heavy atom. The van der Waals surface area contributed by atoms with Gasteiger partial charge in [-0.2, -0.15) is 0 Å². The maximum absolute atomic E-state index is 6.30. The molecule has 0 amide bonds. The van der Waals surface area contributed by atoms with E-state index in [0.717, 1.165) is 18.7 Å². The number of hydrogen-bond acceptors (Lipinski definition) is 4. The Kier molecular flexibility index (Phi) is 4.50. The predicted molar refractivity (Wildman–Crippen MR) is 85.5 cm³/mol. The molecular formula is C14H12Cl3N3O. The molecule has 0 bridgehead atoms. The number of aromatic nitrogens is 2. The van der Waals surface area contributed by atoms with Crippen LogP contribution >= 0.6 is 34.8 Å². The van der Waals surface area contributed by atoms with Gasteiger partial charge in [0.25, 0.3) is 0 Å². The van der Waals surface area contributed by atoms with Gasteiger partial charge in [0, 0.05) is 18.1 Å². The SMILES string of the molecule is Clc1cccc(-c2c(Cl)nc(N3CCOCC3)nc2Cl)c1. The molecule has 2 heterocycles. The highest BCUT2D eigenvalue weighted by molar-refractivity contribution is 6.38. The summed E-state index contributed by atoms with van der Waals surface area (Å²) in [5.74, 6) is 0.527. The molecule has 0 aliphatic carbocycles. The predicted octanol–water partition coefficient (Wildman–Crippen LogP) is 3.94. The van der Waals surface area contributed by atoms with Gasteiger partial charge in [-0.05, 0) is 17.7 Å². The molecule has 1 saturated heterocycles. The fourth-order valence-electron chi connectivity index (χ4n) is 2.18. The monoisotopic (exact) mass is 343 g/mol. The van der Waals surface area contributed by atoms with Crippen LogP contribution in [0, 0.1) is 0 Å². The lowest BCUT2D eigenvalue weighted by atomic mass is 10.1. The number of halogens is 3. The molecule has 0 atom stereocenters. The molecule has 1 aromatic carbocycles. The molecule has 4 nitrogen and oxygen atoms in total. The van der Waals surface area contributed by atoms with Crippen molar-refractivity contribution in [2.75, 3.05) is 31.2 Å². The van der Waals surface area contributed by atoms with Crippen LogP contribution in [0.3, 0.4) is 0 Å². The summed E-state index contributed by atoms with van der Waals surface area (Å²) < 4.78 is 5.31. The van der Waals surface area contributed by atoms with Gasteiger partial charge >= 0.3 is 0 Å². The summed E-state index contributed by atoms with van der Waals surface area (Å²) in [6, 6.07) is 7.28. The maximum atomic E-state index is 6.30. The molecule has 0 N–H and O–H groups in total. The Balaban J connectivity index is 2.00. The Hall–Kier alpha value is -1.07.